The van der Waals surface area contributed by atoms with Gasteiger partial charge in [-0.05, 0) is 24.5 Å². The fourth-order valence-corrected chi connectivity index (χ4v) is 4.09. The smallest absolute Gasteiger partial charge is 0.394 e. The highest BCUT2D eigenvalue weighted by Crippen LogP contribution is 2.26. The Labute approximate surface area is 177 Å². The summed E-state index contributed by atoms with van der Waals surface area (Å²) in [6, 6.07) is 6.68. The van der Waals surface area contributed by atoms with Crippen LogP contribution in [0.3, 0.4) is 0 Å². The predicted molar refractivity (Wildman–Crippen MR) is 108 cm³/mol. The summed E-state index contributed by atoms with van der Waals surface area (Å²) in [6.07, 6.45) is -1.12. The summed E-state index contributed by atoms with van der Waals surface area (Å²) in [7, 11) is -4.66. The summed E-state index contributed by atoms with van der Waals surface area (Å²) in [6.45, 7) is 1.45. The van der Waals surface area contributed by atoms with E-state index in [2.05, 4.69) is 6.92 Å². The largest absolute Gasteiger partial charge is 0.451 e. The van der Waals surface area contributed by atoms with E-state index in [1.54, 1.807) is 18.2 Å². The van der Waals surface area contributed by atoms with Crippen molar-refractivity contribution in [3.8, 4) is 5.75 Å². The maximum Gasteiger partial charge on any atom is 0.451 e. The number of aryl methyl sites for hydroxylation is 1. The lowest BCUT2D eigenvalue weighted by molar-refractivity contribution is -0.277. The van der Waals surface area contributed by atoms with E-state index < -0.39 is 47.7 Å². The van der Waals surface area contributed by atoms with E-state index in [9.17, 15) is 28.8 Å². The lowest BCUT2D eigenvalue weighted by atomic mass is 10.00. The second-order valence-corrected chi connectivity index (χ2v) is 8.59. The van der Waals surface area contributed by atoms with E-state index >= 15 is 0 Å². The number of benzene rings is 1. The van der Waals surface area contributed by atoms with E-state index in [-0.39, 0.29) is 5.75 Å². The normalized spacial score (nSPS) is 27.2. The molecule has 0 unspecified atom stereocenters. The van der Waals surface area contributed by atoms with Crippen molar-refractivity contribution < 1.29 is 41.9 Å². The molecule has 5 atom stereocenters. The molecular formula is C20H32O9S. The van der Waals surface area contributed by atoms with Crippen LogP contribution >= 0.6 is 0 Å². The molecule has 0 spiro atoms. The first kappa shape index (κ1) is 25.0. The van der Waals surface area contributed by atoms with Crippen LogP contribution in [0.25, 0.3) is 0 Å². The molecule has 10 heteroatoms. The van der Waals surface area contributed by atoms with E-state index in [1.165, 1.54) is 25.3 Å². The Morgan fingerprint density at radius 1 is 0.967 bits per heavy atom. The van der Waals surface area contributed by atoms with Crippen molar-refractivity contribution in [1.82, 2.24) is 0 Å². The fraction of sp³-hybridized carbons (Fsp3) is 0.700. The molecular weight excluding hydrogens is 416 g/mol. The zero-order valence-electron chi connectivity index (χ0n) is 17.1. The highest BCUT2D eigenvalue weighted by Gasteiger charge is 2.46. The van der Waals surface area contributed by atoms with Gasteiger partial charge in [0.2, 0.25) is 6.29 Å². The molecule has 1 saturated heterocycles. The average molecular weight is 449 g/mol. The first-order valence-electron chi connectivity index (χ1n) is 10.3. The summed E-state index contributed by atoms with van der Waals surface area (Å²) in [5, 5.41) is 38.7. The molecule has 2 rings (SSSR count). The average Bonchev–Trinajstić information content (AvgIpc) is 2.71. The van der Waals surface area contributed by atoms with Crippen molar-refractivity contribution in [2.24, 2.45) is 0 Å². The lowest BCUT2D eigenvalue weighted by Crippen LogP contribution is -2.59. The fourth-order valence-electron chi connectivity index (χ4n) is 3.28. The quantitative estimate of drug-likeness (QED) is 0.345. The van der Waals surface area contributed by atoms with Gasteiger partial charge in [0.25, 0.3) is 0 Å². The molecule has 1 aromatic rings. The molecule has 1 aliphatic rings. The standard InChI is InChI=1S/C20H32O9S/c1-2-3-4-5-6-7-10-14-11-8-9-12-15(14)28-30(25,26)29-20-19(24)18(23)17(22)16(13-21)27-20/h8-9,11-12,16-24H,2-7,10,13H2,1H3/t16-,17-,18+,19+,20+/m1/s1. The maximum atomic E-state index is 12.4. The number of rotatable bonds is 12. The molecule has 0 bridgehead atoms. The van der Waals surface area contributed by atoms with Crippen molar-refractivity contribution in [1.29, 1.82) is 0 Å². The number of ether oxygens (including phenoxy) is 1. The molecule has 172 valence electrons. The van der Waals surface area contributed by atoms with Crippen LogP contribution in [0.1, 0.15) is 51.0 Å². The molecule has 0 saturated carbocycles. The van der Waals surface area contributed by atoms with Crippen LogP contribution < -0.4 is 4.18 Å². The van der Waals surface area contributed by atoms with Crippen molar-refractivity contribution >= 4 is 10.4 Å². The SMILES string of the molecule is CCCCCCCCc1ccccc1OS(=O)(=O)O[C@@H]1O[C@H](CO)[C@@H](O)[C@H](O)[C@@H]1O. The summed E-state index contributed by atoms with van der Waals surface area (Å²) in [5.41, 5.74) is 0.703. The zero-order valence-corrected chi connectivity index (χ0v) is 17.9. The van der Waals surface area contributed by atoms with Gasteiger partial charge in [-0.25, -0.2) is 4.18 Å². The number of hydrogen-bond donors (Lipinski definition) is 4. The van der Waals surface area contributed by atoms with Gasteiger partial charge < -0.3 is 29.3 Å². The van der Waals surface area contributed by atoms with Gasteiger partial charge in [0, 0.05) is 0 Å². The number of para-hydroxylation sites is 1. The van der Waals surface area contributed by atoms with Gasteiger partial charge >= 0.3 is 10.4 Å². The summed E-state index contributed by atoms with van der Waals surface area (Å²) in [4.78, 5) is 0. The van der Waals surface area contributed by atoms with E-state index in [1.807, 2.05) is 0 Å². The third kappa shape index (κ3) is 7.16. The number of aliphatic hydroxyl groups is 4. The summed E-state index contributed by atoms with van der Waals surface area (Å²) < 4.78 is 39.6. The highest BCUT2D eigenvalue weighted by molar-refractivity contribution is 7.82. The van der Waals surface area contributed by atoms with Gasteiger partial charge in [0.1, 0.15) is 30.2 Å². The van der Waals surface area contributed by atoms with Crippen LogP contribution in [0.5, 0.6) is 5.75 Å². The van der Waals surface area contributed by atoms with Crippen LogP contribution in [0.4, 0.5) is 0 Å². The Hall–Kier alpha value is -1.27. The number of aliphatic hydroxyl groups excluding tert-OH is 4. The zero-order chi connectivity index (χ0) is 22.1. The lowest BCUT2D eigenvalue weighted by Gasteiger charge is -2.38. The first-order chi connectivity index (χ1) is 14.3. The van der Waals surface area contributed by atoms with Crippen LogP contribution in [-0.4, -0.2) is 66.2 Å². The molecule has 0 amide bonds. The third-order valence-corrected chi connectivity index (χ3v) is 5.83. The Kier molecular flexibility index (Phi) is 9.95. The molecule has 1 aliphatic heterocycles. The monoisotopic (exact) mass is 448 g/mol. The Balaban J connectivity index is 1.98. The molecule has 0 aliphatic carbocycles. The van der Waals surface area contributed by atoms with Gasteiger partial charge in [0.05, 0.1) is 6.61 Å². The van der Waals surface area contributed by atoms with Crippen LogP contribution in [0.2, 0.25) is 0 Å². The van der Waals surface area contributed by atoms with Crippen molar-refractivity contribution in [2.45, 2.75) is 82.6 Å². The number of unbranched alkanes of at least 4 members (excludes halogenated alkanes) is 5. The van der Waals surface area contributed by atoms with Crippen molar-refractivity contribution in [3.63, 3.8) is 0 Å². The molecule has 30 heavy (non-hydrogen) atoms. The Morgan fingerprint density at radius 2 is 1.63 bits per heavy atom. The van der Waals surface area contributed by atoms with Crippen LogP contribution in [0.15, 0.2) is 24.3 Å². The second kappa shape index (κ2) is 11.9. The topological polar surface area (TPSA) is 143 Å². The minimum atomic E-state index is -4.66. The van der Waals surface area contributed by atoms with E-state index in [0.717, 1.165) is 19.3 Å². The number of hydrogen-bond acceptors (Lipinski definition) is 9. The van der Waals surface area contributed by atoms with Gasteiger partial charge in [-0.3, -0.25) is 0 Å². The minimum absolute atomic E-state index is 0.107. The van der Waals surface area contributed by atoms with E-state index in [0.29, 0.717) is 12.0 Å². The van der Waals surface area contributed by atoms with Gasteiger partial charge in [-0.1, -0.05) is 57.2 Å². The summed E-state index contributed by atoms with van der Waals surface area (Å²) >= 11 is 0. The molecule has 1 heterocycles. The third-order valence-electron chi connectivity index (χ3n) is 5.03. The maximum absolute atomic E-state index is 12.4. The van der Waals surface area contributed by atoms with Gasteiger partial charge in [0.15, 0.2) is 0 Å². The van der Waals surface area contributed by atoms with Crippen LogP contribution in [0, 0.1) is 0 Å². The van der Waals surface area contributed by atoms with Gasteiger partial charge in [-0.15, -0.1) is 0 Å². The molecule has 4 N–H and O–H groups in total. The predicted octanol–water partition coefficient (Wildman–Crippen LogP) is 1.03. The van der Waals surface area contributed by atoms with Crippen molar-refractivity contribution in [3.05, 3.63) is 29.8 Å². The molecule has 0 radical (unpaired) electrons. The van der Waals surface area contributed by atoms with Crippen molar-refractivity contribution in [2.75, 3.05) is 6.61 Å². The van der Waals surface area contributed by atoms with E-state index in [4.69, 9.17) is 13.1 Å². The molecule has 1 aromatic carbocycles. The summed E-state index contributed by atoms with van der Waals surface area (Å²) in [5.74, 6) is 0.107. The minimum Gasteiger partial charge on any atom is -0.394 e. The van der Waals surface area contributed by atoms with Gasteiger partial charge in [-0.2, -0.15) is 8.42 Å². The molecule has 0 aromatic heterocycles. The molecule has 9 nitrogen and oxygen atoms in total. The molecule has 1 fully saturated rings. The Morgan fingerprint density at radius 3 is 2.33 bits per heavy atom. The second-order valence-electron chi connectivity index (χ2n) is 7.41. The Bertz CT molecular complexity index is 738. The van der Waals surface area contributed by atoms with Crippen LogP contribution in [-0.2, 0) is 25.7 Å². The highest BCUT2D eigenvalue weighted by atomic mass is 32.3. The first-order valence-corrected chi connectivity index (χ1v) is 11.6.